The lowest BCUT2D eigenvalue weighted by Crippen LogP contribution is -2.62. The molecule has 0 radical (unpaired) electrons. The number of piperidine rings is 1. The van der Waals surface area contributed by atoms with E-state index in [0.717, 1.165) is 57.8 Å². The fourth-order valence-corrected chi connectivity index (χ4v) is 4.32. The Kier molecular flexibility index (Phi) is 6.84. The maximum atomic E-state index is 13.2. The van der Waals surface area contributed by atoms with Crippen molar-refractivity contribution < 1.29 is 13.9 Å². The van der Waals surface area contributed by atoms with Crippen molar-refractivity contribution in [3.8, 4) is 0 Å². The smallest absolute Gasteiger partial charge is 0.227 e. The van der Waals surface area contributed by atoms with Gasteiger partial charge in [-0.05, 0) is 57.1 Å². The van der Waals surface area contributed by atoms with Gasteiger partial charge in [-0.25, -0.2) is 4.39 Å². The van der Waals surface area contributed by atoms with Crippen LogP contribution in [0.2, 0.25) is 0 Å². The van der Waals surface area contributed by atoms with Gasteiger partial charge in [0.05, 0.1) is 19.1 Å². The van der Waals surface area contributed by atoms with Crippen molar-refractivity contribution in [2.24, 2.45) is 0 Å². The van der Waals surface area contributed by atoms with E-state index in [1.165, 1.54) is 12.1 Å². The number of carbonyl (C=O) groups excluding carboxylic acids is 1. The van der Waals surface area contributed by atoms with E-state index in [0.29, 0.717) is 13.0 Å². The van der Waals surface area contributed by atoms with Crippen LogP contribution in [-0.4, -0.2) is 74.2 Å². The van der Waals surface area contributed by atoms with E-state index < -0.39 is 0 Å². The summed E-state index contributed by atoms with van der Waals surface area (Å²) < 4.78 is 18.7. The molecule has 0 spiro atoms. The molecular weight excluding hydrogens is 345 g/mol. The van der Waals surface area contributed by atoms with Crippen LogP contribution in [0.3, 0.4) is 0 Å². The van der Waals surface area contributed by atoms with Crippen molar-refractivity contribution in [1.29, 1.82) is 0 Å². The molecule has 2 aliphatic heterocycles. The maximum Gasteiger partial charge on any atom is 0.227 e. The Morgan fingerprint density at radius 1 is 1.19 bits per heavy atom. The molecule has 0 aromatic heterocycles. The number of amides is 1. The number of benzene rings is 1. The molecule has 0 bridgehead atoms. The fraction of sp³-hybridized carbons (Fsp3) is 0.667. The van der Waals surface area contributed by atoms with Gasteiger partial charge in [0, 0.05) is 25.2 Å². The third kappa shape index (κ3) is 4.86. The minimum Gasteiger partial charge on any atom is -0.379 e. The van der Waals surface area contributed by atoms with E-state index in [4.69, 9.17) is 4.74 Å². The predicted molar refractivity (Wildman–Crippen MR) is 104 cm³/mol. The minimum absolute atomic E-state index is 0.00698. The number of hydrogen-bond donors (Lipinski definition) is 1. The highest BCUT2D eigenvalue weighted by molar-refractivity contribution is 5.83. The lowest BCUT2D eigenvalue weighted by Gasteiger charge is -2.49. The van der Waals surface area contributed by atoms with Crippen LogP contribution in [0.1, 0.15) is 37.7 Å². The summed E-state index contributed by atoms with van der Waals surface area (Å²) >= 11 is 0. The highest BCUT2D eigenvalue weighted by atomic mass is 19.1. The normalized spacial score (nSPS) is 22.3. The number of morpholine rings is 1. The van der Waals surface area contributed by atoms with Crippen LogP contribution in [0.15, 0.2) is 24.3 Å². The molecule has 2 heterocycles. The van der Waals surface area contributed by atoms with Crippen molar-refractivity contribution in [3.05, 3.63) is 35.6 Å². The van der Waals surface area contributed by atoms with Gasteiger partial charge in [-0.3, -0.25) is 9.69 Å². The van der Waals surface area contributed by atoms with E-state index in [2.05, 4.69) is 22.2 Å². The molecule has 3 rings (SSSR count). The first-order valence-electron chi connectivity index (χ1n) is 10.1. The number of likely N-dealkylation sites (tertiary alicyclic amines) is 1. The third-order valence-electron chi connectivity index (χ3n) is 6.19. The topological polar surface area (TPSA) is 44.8 Å². The van der Waals surface area contributed by atoms with Gasteiger partial charge in [0.2, 0.25) is 5.91 Å². The van der Waals surface area contributed by atoms with Gasteiger partial charge in [-0.15, -0.1) is 0 Å². The van der Waals surface area contributed by atoms with Gasteiger partial charge in [-0.2, -0.15) is 0 Å². The maximum absolute atomic E-state index is 13.2. The average Bonchev–Trinajstić information content (AvgIpc) is 2.70. The van der Waals surface area contributed by atoms with E-state index >= 15 is 0 Å². The second kappa shape index (κ2) is 9.13. The first-order valence-corrected chi connectivity index (χ1v) is 10.1. The highest BCUT2D eigenvalue weighted by Gasteiger charge is 2.40. The second-order valence-electron chi connectivity index (χ2n) is 7.86. The van der Waals surface area contributed by atoms with Crippen molar-refractivity contribution in [1.82, 2.24) is 15.1 Å². The molecule has 2 saturated heterocycles. The van der Waals surface area contributed by atoms with E-state index in [9.17, 15) is 9.18 Å². The number of carbonyl (C=O) groups is 1. The van der Waals surface area contributed by atoms with Crippen LogP contribution in [0, 0.1) is 5.82 Å². The summed E-state index contributed by atoms with van der Waals surface area (Å²) in [6, 6.07) is 6.29. The Morgan fingerprint density at radius 3 is 2.41 bits per heavy atom. The molecule has 1 unspecified atom stereocenters. The SMILES string of the molecule is CCC(C(=O)NCC1(N2CCOCC2)CCN(C)CC1)c1ccc(F)cc1. The monoisotopic (exact) mass is 377 g/mol. The largest absolute Gasteiger partial charge is 0.379 e. The van der Waals surface area contributed by atoms with Gasteiger partial charge in [0.15, 0.2) is 0 Å². The Balaban J connectivity index is 1.68. The summed E-state index contributed by atoms with van der Waals surface area (Å²) in [6.45, 7) is 8.13. The van der Waals surface area contributed by atoms with Crippen molar-refractivity contribution in [2.75, 3.05) is 53.0 Å². The van der Waals surface area contributed by atoms with Crippen LogP contribution in [0.4, 0.5) is 4.39 Å². The molecule has 0 saturated carbocycles. The average molecular weight is 378 g/mol. The number of ether oxygens (including phenoxy) is 1. The Hall–Kier alpha value is -1.50. The van der Waals surface area contributed by atoms with Gasteiger partial charge >= 0.3 is 0 Å². The summed E-state index contributed by atoms with van der Waals surface area (Å²) in [6.07, 6.45) is 2.80. The zero-order valence-corrected chi connectivity index (χ0v) is 16.5. The molecule has 2 fully saturated rings. The molecule has 6 heteroatoms. The summed E-state index contributed by atoms with van der Waals surface area (Å²) in [7, 11) is 2.16. The van der Waals surface area contributed by atoms with Crippen molar-refractivity contribution in [2.45, 2.75) is 37.6 Å². The lowest BCUT2D eigenvalue weighted by atomic mass is 9.84. The Morgan fingerprint density at radius 2 is 1.81 bits per heavy atom. The molecule has 27 heavy (non-hydrogen) atoms. The van der Waals surface area contributed by atoms with Crippen molar-refractivity contribution >= 4 is 5.91 Å². The summed E-state index contributed by atoms with van der Waals surface area (Å²) in [4.78, 5) is 17.8. The molecule has 1 aromatic rings. The summed E-state index contributed by atoms with van der Waals surface area (Å²) in [5, 5.41) is 3.24. The number of halogens is 1. The summed E-state index contributed by atoms with van der Waals surface area (Å²) in [5.74, 6) is -0.471. The van der Waals surface area contributed by atoms with Crippen LogP contribution in [-0.2, 0) is 9.53 Å². The third-order valence-corrected chi connectivity index (χ3v) is 6.19. The Bertz CT molecular complexity index is 608. The van der Waals surface area contributed by atoms with E-state index in [1.54, 1.807) is 12.1 Å². The molecule has 0 aliphatic carbocycles. The zero-order chi connectivity index (χ0) is 19.3. The molecule has 1 amide bonds. The summed E-state index contributed by atoms with van der Waals surface area (Å²) in [5.41, 5.74) is 0.882. The van der Waals surface area contributed by atoms with E-state index in [1.807, 2.05) is 6.92 Å². The number of rotatable bonds is 6. The molecule has 1 atom stereocenters. The highest BCUT2D eigenvalue weighted by Crippen LogP contribution is 2.29. The van der Waals surface area contributed by atoms with E-state index in [-0.39, 0.29) is 23.2 Å². The van der Waals surface area contributed by atoms with Gasteiger partial charge < -0.3 is 15.0 Å². The van der Waals surface area contributed by atoms with Crippen LogP contribution < -0.4 is 5.32 Å². The van der Waals surface area contributed by atoms with Crippen LogP contribution in [0.5, 0.6) is 0 Å². The van der Waals surface area contributed by atoms with Gasteiger partial charge in [0.1, 0.15) is 5.82 Å². The van der Waals surface area contributed by atoms with Crippen LogP contribution in [0.25, 0.3) is 0 Å². The number of nitrogens with one attached hydrogen (secondary N) is 1. The van der Waals surface area contributed by atoms with Gasteiger partial charge in [0.25, 0.3) is 0 Å². The number of nitrogens with zero attached hydrogens (tertiary/aromatic N) is 2. The molecule has 1 N–H and O–H groups in total. The van der Waals surface area contributed by atoms with Crippen molar-refractivity contribution in [3.63, 3.8) is 0 Å². The van der Waals surface area contributed by atoms with Crippen LogP contribution >= 0.6 is 0 Å². The minimum atomic E-state index is -0.272. The first-order chi connectivity index (χ1) is 13.0. The fourth-order valence-electron chi connectivity index (χ4n) is 4.32. The molecule has 2 aliphatic rings. The number of hydrogen-bond acceptors (Lipinski definition) is 4. The Labute approximate surface area is 161 Å². The molecular formula is C21H32FN3O2. The molecule has 1 aromatic carbocycles. The first kappa shape index (κ1) is 20.2. The predicted octanol–water partition coefficient (Wildman–Crippen LogP) is 2.23. The second-order valence-corrected chi connectivity index (χ2v) is 7.86. The standard InChI is InChI=1S/C21H32FN3O2/c1-3-19(17-4-6-18(22)7-5-17)20(26)23-16-21(8-10-24(2)11-9-21)25-12-14-27-15-13-25/h4-7,19H,3,8-16H2,1-2H3,(H,23,26). The van der Waals surface area contributed by atoms with Gasteiger partial charge in [-0.1, -0.05) is 19.1 Å². The zero-order valence-electron chi connectivity index (χ0n) is 16.5. The molecule has 150 valence electrons. The quantitative estimate of drug-likeness (QED) is 0.826. The lowest BCUT2D eigenvalue weighted by molar-refractivity contribution is -0.124. The molecule has 5 nitrogen and oxygen atoms in total.